The van der Waals surface area contributed by atoms with Gasteiger partial charge >= 0.3 is 6.03 Å². The summed E-state index contributed by atoms with van der Waals surface area (Å²) in [7, 11) is 0. The van der Waals surface area contributed by atoms with Crippen molar-refractivity contribution in [3.05, 3.63) is 28.8 Å². The van der Waals surface area contributed by atoms with E-state index in [-0.39, 0.29) is 11.9 Å². The van der Waals surface area contributed by atoms with Crippen LogP contribution < -0.4 is 20.9 Å². The highest BCUT2D eigenvalue weighted by atomic mass is 35.5. The lowest BCUT2D eigenvalue weighted by molar-refractivity contribution is 0.0945. The Balaban J connectivity index is 1.68. The van der Waals surface area contributed by atoms with Crippen molar-refractivity contribution < 1.29 is 9.59 Å². The van der Waals surface area contributed by atoms with Crippen molar-refractivity contribution >= 4 is 29.2 Å². The van der Waals surface area contributed by atoms with Gasteiger partial charge in [-0.25, -0.2) is 4.79 Å². The van der Waals surface area contributed by atoms with Crippen molar-refractivity contribution in [1.29, 1.82) is 0 Å². The Morgan fingerprint density at radius 1 is 1.39 bits per heavy atom. The molecule has 124 valence electrons. The van der Waals surface area contributed by atoms with E-state index in [0.29, 0.717) is 41.8 Å². The molecule has 0 saturated carbocycles. The van der Waals surface area contributed by atoms with Gasteiger partial charge in [-0.1, -0.05) is 11.6 Å². The Labute approximate surface area is 140 Å². The van der Waals surface area contributed by atoms with Crippen molar-refractivity contribution in [2.45, 2.75) is 12.8 Å². The minimum Gasteiger partial charge on any atom is -0.352 e. The molecule has 1 atom stereocenters. The third kappa shape index (κ3) is 3.76. The molecule has 2 aliphatic heterocycles. The summed E-state index contributed by atoms with van der Waals surface area (Å²) in [5.74, 6) is 0.265. The molecule has 3 N–H and O–H groups in total. The van der Waals surface area contributed by atoms with E-state index >= 15 is 0 Å². The topological polar surface area (TPSA) is 73.5 Å². The van der Waals surface area contributed by atoms with E-state index in [1.165, 1.54) is 0 Å². The molecule has 0 aromatic heterocycles. The summed E-state index contributed by atoms with van der Waals surface area (Å²) in [6.07, 6.45) is 2.26. The molecular weight excluding hydrogens is 316 g/mol. The second-order valence-corrected chi connectivity index (χ2v) is 6.38. The maximum Gasteiger partial charge on any atom is 0.321 e. The molecular formula is C16H21ClN4O2. The lowest BCUT2D eigenvalue weighted by Gasteiger charge is -2.23. The summed E-state index contributed by atoms with van der Waals surface area (Å²) in [5, 5.41) is 9.43. The summed E-state index contributed by atoms with van der Waals surface area (Å²) in [5.41, 5.74) is 1.10. The van der Waals surface area contributed by atoms with E-state index in [4.69, 9.17) is 11.6 Å². The number of nitrogens with zero attached hydrogens (tertiary/aromatic N) is 1. The van der Waals surface area contributed by atoms with Crippen LogP contribution in [0.3, 0.4) is 0 Å². The van der Waals surface area contributed by atoms with Gasteiger partial charge < -0.3 is 16.0 Å². The van der Waals surface area contributed by atoms with Crippen molar-refractivity contribution in [2.75, 3.05) is 37.6 Å². The molecule has 1 aromatic rings. The number of anilines is 1. The number of nitrogens with one attached hydrogen (secondary N) is 3. The molecule has 2 aliphatic rings. The molecule has 3 rings (SSSR count). The van der Waals surface area contributed by atoms with E-state index in [1.54, 1.807) is 23.1 Å². The van der Waals surface area contributed by atoms with Crippen LogP contribution in [0.2, 0.25) is 5.02 Å². The molecule has 2 saturated heterocycles. The maximum absolute atomic E-state index is 12.4. The first-order chi connectivity index (χ1) is 11.1. The predicted molar refractivity (Wildman–Crippen MR) is 90.1 cm³/mol. The summed E-state index contributed by atoms with van der Waals surface area (Å²) in [4.78, 5) is 25.8. The number of urea groups is 1. The molecule has 0 bridgehead atoms. The Kier molecular flexibility index (Phi) is 5.03. The molecule has 3 amide bonds. The second-order valence-electron chi connectivity index (χ2n) is 5.97. The van der Waals surface area contributed by atoms with Crippen molar-refractivity contribution in [3.8, 4) is 0 Å². The van der Waals surface area contributed by atoms with Crippen molar-refractivity contribution in [1.82, 2.24) is 16.0 Å². The number of carbonyl (C=O) groups is 2. The van der Waals surface area contributed by atoms with E-state index in [0.717, 1.165) is 25.9 Å². The molecule has 0 spiro atoms. The van der Waals surface area contributed by atoms with Crippen molar-refractivity contribution in [2.24, 2.45) is 5.92 Å². The van der Waals surface area contributed by atoms with Gasteiger partial charge in [0.05, 0.1) is 10.6 Å². The molecule has 6 nitrogen and oxygen atoms in total. The van der Waals surface area contributed by atoms with Gasteiger partial charge in [0.1, 0.15) is 0 Å². The zero-order chi connectivity index (χ0) is 16.2. The van der Waals surface area contributed by atoms with Crippen LogP contribution in [0.1, 0.15) is 23.2 Å². The fourth-order valence-electron chi connectivity index (χ4n) is 3.00. The van der Waals surface area contributed by atoms with Gasteiger partial charge in [0.2, 0.25) is 0 Å². The van der Waals surface area contributed by atoms with Gasteiger partial charge in [0.25, 0.3) is 5.91 Å². The zero-order valence-corrected chi connectivity index (χ0v) is 13.7. The molecule has 0 radical (unpaired) electrons. The van der Waals surface area contributed by atoms with Crippen LogP contribution in [0.4, 0.5) is 10.5 Å². The van der Waals surface area contributed by atoms with Crippen LogP contribution in [0.25, 0.3) is 0 Å². The van der Waals surface area contributed by atoms with E-state index in [2.05, 4.69) is 16.0 Å². The van der Waals surface area contributed by atoms with Gasteiger partial charge in [-0.05, 0) is 50.0 Å². The average Bonchev–Trinajstić information content (AvgIpc) is 3.00. The Bertz CT molecular complexity index is 602. The van der Waals surface area contributed by atoms with Crippen LogP contribution in [0.15, 0.2) is 18.2 Å². The number of hydrogen-bond acceptors (Lipinski definition) is 3. The fraction of sp³-hybridized carbons (Fsp3) is 0.500. The number of halogens is 1. The molecule has 7 heteroatoms. The monoisotopic (exact) mass is 336 g/mol. The first-order valence-electron chi connectivity index (χ1n) is 7.99. The SMILES string of the molecule is O=C(NCC1CCCNC1)c1cc(N2CCNC2=O)ccc1Cl. The number of carbonyl (C=O) groups excluding carboxylic acids is 2. The van der Waals surface area contributed by atoms with Gasteiger partial charge in [-0.2, -0.15) is 0 Å². The first-order valence-corrected chi connectivity index (χ1v) is 8.37. The highest BCUT2D eigenvalue weighted by Gasteiger charge is 2.23. The number of hydrogen-bond donors (Lipinski definition) is 3. The fourth-order valence-corrected chi connectivity index (χ4v) is 3.21. The molecule has 2 heterocycles. The van der Waals surface area contributed by atoms with E-state index < -0.39 is 0 Å². The van der Waals surface area contributed by atoms with E-state index in [9.17, 15) is 9.59 Å². The maximum atomic E-state index is 12.4. The third-order valence-electron chi connectivity index (χ3n) is 4.31. The normalized spacial score (nSPS) is 21.2. The molecule has 1 unspecified atom stereocenters. The van der Waals surface area contributed by atoms with Crippen LogP contribution in [0.5, 0.6) is 0 Å². The van der Waals surface area contributed by atoms with Crippen LogP contribution in [-0.2, 0) is 0 Å². The Morgan fingerprint density at radius 2 is 2.26 bits per heavy atom. The number of piperidine rings is 1. The third-order valence-corrected chi connectivity index (χ3v) is 4.64. The minimum atomic E-state index is -0.193. The molecule has 1 aromatic carbocycles. The molecule has 0 aliphatic carbocycles. The Morgan fingerprint density at radius 3 is 2.96 bits per heavy atom. The van der Waals surface area contributed by atoms with Gasteiger partial charge in [-0.3, -0.25) is 9.69 Å². The standard InChI is InChI=1S/C16H21ClN4O2/c17-14-4-3-12(21-7-6-19-16(21)23)8-13(14)15(22)20-10-11-2-1-5-18-9-11/h3-4,8,11,18H,1-2,5-7,9-10H2,(H,19,23)(H,20,22). The quantitative estimate of drug-likeness (QED) is 0.782. The highest BCUT2D eigenvalue weighted by Crippen LogP contribution is 2.24. The molecule has 23 heavy (non-hydrogen) atoms. The van der Waals surface area contributed by atoms with Gasteiger partial charge in [0.15, 0.2) is 0 Å². The number of amides is 3. The zero-order valence-electron chi connectivity index (χ0n) is 12.9. The Hall–Kier alpha value is -1.79. The summed E-state index contributed by atoms with van der Waals surface area (Å²) < 4.78 is 0. The summed E-state index contributed by atoms with van der Waals surface area (Å²) in [6.45, 7) is 3.82. The molecule has 2 fully saturated rings. The van der Waals surface area contributed by atoms with E-state index in [1.807, 2.05) is 0 Å². The summed E-state index contributed by atoms with van der Waals surface area (Å²) in [6, 6.07) is 4.96. The number of benzene rings is 1. The van der Waals surface area contributed by atoms with Crippen molar-refractivity contribution in [3.63, 3.8) is 0 Å². The van der Waals surface area contributed by atoms with Gasteiger partial charge in [-0.15, -0.1) is 0 Å². The van der Waals surface area contributed by atoms with Crippen LogP contribution in [-0.4, -0.2) is 44.7 Å². The lowest BCUT2D eigenvalue weighted by atomic mass is 9.99. The smallest absolute Gasteiger partial charge is 0.321 e. The minimum absolute atomic E-state index is 0.146. The summed E-state index contributed by atoms with van der Waals surface area (Å²) >= 11 is 6.16. The van der Waals surface area contributed by atoms with Crippen LogP contribution in [0, 0.1) is 5.92 Å². The second kappa shape index (κ2) is 7.19. The van der Waals surface area contributed by atoms with Gasteiger partial charge in [0, 0.05) is 25.3 Å². The number of rotatable bonds is 4. The van der Waals surface area contributed by atoms with Crippen LogP contribution >= 0.6 is 11.6 Å². The largest absolute Gasteiger partial charge is 0.352 e. The average molecular weight is 337 g/mol. The first kappa shape index (κ1) is 16.1. The highest BCUT2D eigenvalue weighted by molar-refractivity contribution is 6.34. The predicted octanol–water partition coefficient (Wildman–Crippen LogP) is 1.60. The lowest BCUT2D eigenvalue weighted by Crippen LogP contribution is -2.38.